The molecule has 8 rings (SSSR count). The van der Waals surface area contributed by atoms with Crippen molar-refractivity contribution in [2.24, 2.45) is 9.98 Å². The molecular weight excluding hydrogens is 522 g/mol. The Hall–Kier alpha value is -4.82. The molecule has 1 fully saturated rings. The zero-order valence-electron chi connectivity index (χ0n) is 23.1. The smallest absolute Gasteiger partial charge is 0.326 e. The fourth-order valence-electron chi connectivity index (χ4n) is 6.62. The topological polar surface area (TPSA) is 94.4 Å². The molecule has 0 bridgehead atoms. The first-order chi connectivity index (χ1) is 20.7. The van der Waals surface area contributed by atoms with Crippen molar-refractivity contribution in [3.8, 4) is 0 Å². The van der Waals surface area contributed by atoms with Crippen LogP contribution in [-0.2, 0) is 6.54 Å². The lowest BCUT2D eigenvalue weighted by Crippen LogP contribution is -2.36. The van der Waals surface area contributed by atoms with Crippen LogP contribution in [-0.4, -0.2) is 37.5 Å². The van der Waals surface area contributed by atoms with Crippen LogP contribution < -0.4 is 16.4 Å². The summed E-state index contributed by atoms with van der Waals surface area (Å²) in [6.45, 7) is 2.82. The van der Waals surface area contributed by atoms with Crippen LogP contribution in [0.15, 0.2) is 112 Å². The van der Waals surface area contributed by atoms with E-state index in [1.54, 1.807) is 6.33 Å². The molecule has 0 saturated carbocycles. The first kappa shape index (κ1) is 24.9. The maximum absolute atomic E-state index is 12.7. The number of hydrogen-bond donors (Lipinski definition) is 2. The number of hydrogen-bond acceptors (Lipinski definition) is 5. The quantitative estimate of drug-likeness (QED) is 0.322. The molecule has 4 heterocycles. The summed E-state index contributed by atoms with van der Waals surface area (Å²) in [6.07, 6.45) is 3.64. The van der Waals surface area contributed by atoms with Gasteiger partial charge in [-0.1, -0.05) is 66.7 Å². The van der Waals surface area contributed by atoms with Crippen molar-refractivity contribution >= 4 is 22.1 Å². The number of benzene rings is 4. The van der Waals surface area contributed by atoms with E-state index >= 15 is 0 Å². The van der Waals surface area contributed by atoms with Crippen LogP contribution in [0.25, 0.3) is 22.1 Å². The highest BCUT2D eigenvalue weighted by Crippen LogP contribution is 2.36. The Labute approximate surface area is 242 Å². The average molecular weight is 554 g/mol. The Bertz CT molecular complexity index is 2070. The SMILES string of the molecule is O=c1[nH]c2ccccc2n1C1CCN(Cc2ccc(C3N=c4cc5[nH]cnc5cc4=NC3c3ccccc3)cc2)CC1. The lowest BCUT2D eigenvalue weighted by atomic mass is 9.92. The minimum Gasteiger partial charge on any atom is -0.345 e. The van der Waals surface area contributed by atoms with Crippen molar-refractivity contribution in [1.82, 2.24) is 24.4 Å². The van der Waals surface area contributed by atoms with Gasteiger partial charge < -0.3 is 9.97 Å². The van der Waals surface area contributed by atoms with Crippen LogP contribution in [0.1, 0.15) is 47.7 Å². The molecule has 0 amide bonds. The van der Waals surface area contributed by atoms with Gasteiger partial charge in [-0.25, -0.2) is 9.78 Å². The van der Waals surface area contributed by atoms with Gasteiger partial charge in [-0.05, 0) is 53.8 Å². The normalized spacial score (nSPS) is 19.4. The Morgan fingerprint density at radius 3 is 2.24 bits per heavy atom. The number of fused-ring (bicyclic) bond motifs is 3. The minimum absolute atomic E-state index is 0.00415. The van der Waals surface area contributed by atoms with Crippen LogP contribution in [0.2, 0.25) is 0 Å². The summed E-state index contributed by atoms with van der Waals surface area (Å²) in [4.78, 5) is 36.2. The Kier molecular flexibility index (Phi) is 6.07. The second kappa shape index (κ2) is 10.2. The second-order valence-electron chi connectivity index (χ2n) is 11.4. The number of piperidine rings is 1. The van der Waals surface area contributed by atoms with Crippen LogP contribution >= 0.6 is 0 Å². The summed E-state index contributed by atoms with van der Waals surface area (Å²) in [5.74, 6) is 0. The van der Waals surface area contributed by atoms with E-state index in [-0.39, 0.29) is 23.8 Å². The Balaban J connectivity index is 1.02. The van der Waals surface area contributed by atoms with E-state index in [9.17, 15) is 4.79 Å². The van der Waals surface area contributed by atoms with Crippen molar-refractivity contribution < 1.29 is 0 Å². The molecule has 1 saturated heterocycles. The molecule has 2 N–H and O–H groups in total. The van der Waals surface area contributed by atoms with E-state index < -0.39 is 0 Å². The monoisotopic (exact) mass is 553 g/mol. The molecule has 208 valence electrons. The lowest BCUT2D eigenvalue weighted by molar-refractivity contribution is 0.180. The molecule has 2 atom stereocenters. The Morgan fingerprint density at radius 2 is 1.45 bits per heavy atom. The van der Waals surface area contributed by atoms with Gasteiger partial charge in [0.15, 0.2) is 0 Å². The third-order valence-electron chi connectivity index (χ3n) is 8.79. The standard InChI is InChI=1S/C34H31N7O/c42-34-39-26-8-4-5-9-31(26)41(34)25-14-16-40(17-15-25)20-22-10-12-24(13-11-22)33-32(23-6-2-1-3-7-23)37-29-18-27-28(36-21-35-27)19-30(29)38-33/h1-13,18-19,21,25,32-33H,14-17,20H2,(H,35,36)(H,39,42). The van der Waals surface area contributed by atoms with Gasteiger partial charge in [-0.15, -0.1) is 0 Å². The van der Waals surface area contributed by atoms with E-state index in [0.29, 0.717) is 0 Å². The van der Waals surface area contributed by atoms with Gasteiger partial charge in [0, 0.05) is 25.7 Å². The lowest BCUT2D eigenvalue weighted by Gasteiger charge is -2.32. The molecule has 6 aromatic rings. The zero-order chi connectivity index (χ0) is 28.0. The largest absolute Gasteiger partial charge is 0.345 e. The predicted molar refractivity (Wildman–Crippen MR) is 163 cm³/mol. The molecule has 0 aliphatic carbocycles. The summed E-state index contributed by atoms with van der Waals surface area (Å²) in [7, 11) is 0. The van der Waals surface area contributed by atoms with Gasteiger partial charge in [0.1, 0.15) is 12.1 Å². The predicted octanol–water partition coefficient (Wildman–Crippen LogP) is 4.78. The molecule has 2 aromatic heterocycles. The van der Waals surface area contributed by atoms with Crippen molar-refractivity contribution in [2.45, 2.75) is 37.5 Å². The number of aromatic amines is 2. The molecule has 2 aliphatic heterocycles. The molecule has 8 heteroatoms. The van der Waals surface area contributed by atoms with Crippen molar-refractivity contribution in [1.29, 1.82) is 0 Å². The van der Waals surface area contributed by atoms with Gasteiger partial charge >= 0.3 is 5.69 Å². The van der Waals surface area contributed by atoms with Crippen LogP contribution in [0, 0.1) is 0 Å². The number of nitrogens with one attached hydrogen (secondary N) is 2. The number of H-pyrrole nitrogens is 2. The van der Waals surface area contributed by atoms with E-state index in [2.05, 4.69) is 74.4 Å². The maximum atomic E-state index is 12.7. The first-order valence-electron chi connectivity index (χ1n) is 14.6. The third-order valence-corrected chi connectivity index (χ3v) is 8.79. The molecule has 0 radical (unpaired) electrons. The summed E-state index contributed by atoms with van der Waals surface area (Å²) < 4.78 is 1.96. The van der Waals surface area contributed by atoms with E-state index in [1.165, 1.54) is 5.56 Å². The van der Waals surface area contributed by atoms with Crippen molar-refractivity contribution in [3.63, 3.8) is 0 Å². The molecule has 0 spiro atoms. The molecule has 2 aliphatic rings. The third kappa shape index (κ3) is 4.44. The summed E-state index contributed by atoms with van der Waals surface area (Å²) in [5.41, 5.74) is 7.38. The number of aromatic nitrogens is 4. The molecular formula is C34H31N7O. The van der Waals surface area contributed by atoms with Gasteiger partial charge in [0.05, 0.1) is 39.1 Å². The number of para-hydroxylation sites is 2. The highest BCUT2D eigenvalue weighted by molar-refractivity contribution is 5.75. The number of likely N-dealkylation sites (tertiary alicyclic amines) is 1. The number of imidazole rings is 2. The number of nitrogens with zero attached hydrogens (tertiary/aromatic N) is 5. The molecule has 4 aromatic carbocycles. The molecule has 8 nitrogen and oxygen atoms in total. The fourth-order valence-corrected chi connectivity index (χ4v) is 6.62. The minimum atomic E-state index is -0.112. The van der Waals surface area contributed by atoms with Crippen molar-refractivity contribution in [2.75, 3.05) is 13.1 Å². The second-order valence-corrected chi connectivity index (χ2v) is 11.4. The van der Waals surface area contributed by atoms with Crippen LogP contribution in [0.4, 0.5) is 0 Å². The van der Waals surface area contributed by atoms with Crippen LogP contribution in [0.5, 0.6) is 0 Å². The van der Waals surface area contributed by atoms with Gasteiger partial charge in [-0.3, -0.25) is 19.5 Å². The highest BCUT2D eigenvalue weighted by Gasteiger charge is 2.27. The van der Waals surface area contributed by atoms with Gasteiger partial charge in [0.2, 0.25) is 0 Å². The van der Waals surface area contributed by atoms with Crippen LogP contribution in [0.3, 0.4) is 0 Å². The molecule has 42 heavy (non-hydrogen) atoms. The van der Waals surface area contributed by atoms with E-state index in [1.807, 2.05) is 41.0 Å². The van der Waals surface area contributed by atoms with Gasteiger partial charge in [0.25, 0.3) is 0 Å². The zero-order valence-corrected chi connectivity index (χ0v) is 23.1. The van der Waals surface area contributed by atoms with E-state index in [0.717, 1.165) is 76.4 Å². The highest BCUT2D eigenvalue weighted by atomic mass is 16.1. The summed E-state index contributed by atoms with van der Waals surface area (Å²) >= 11 is 0. The van der Waals surface area contributed by atoms with E-state index in [4.69, 9.17) is 9.98 Å². The Morgan fingerprint density at radius 1 is 0.762 bits per heavy atom. The first-order valence-corrected chi connectivity index (χ1v) is 14.6. The maximum Gasteiger partial charge on any atom is 0.326 e. The fraction of sp³-hybridized carbons (Fsp3) is 0.235. The number of rotatable bonds is 5. The molecule has 2 unspecified atom stereocenters. The van der Waals surface area contributed by atoms with Gasteiger partial charge in [-0.2, -0.15) is 0 Å². The average Bonchev–Trinajstić information content (AvgIpc) is 3.63. The summed E-state index contributed by atoms with van der Waals surface area (Å²) in [6, 6.07) is 31.4. The van der Waals surface area contributed by atoms with Crippen molar-refractivity contribution in [3.05, 3.63) is 135 Å². The summed E-state index contributed by atoms with van der Waals surface area (Å²) in [5, 5.41) is 1.78.